The van der Waals surface area contributed by atoms with Gasteiger partial charge < -0.3 is 5.32 Å². The van der Waals surface area contributed by atoms with Gasteiger partial charge in [0.2, 0.25) is 10.0 Å². The minimum absolute atomic E-state index is 0.193. The van der Waals surface area contributed by atoms with Gasteiger partial charge in [0, 0.05) is 12.7 Å². The van der Waals surface area contributed by atoms with Crippen molar-refractivity contribution in [3.8, 4) is 0 Å². The molecule has 21 heavy (non-hydrogen) atoms. The molecule has 0 aliphatic carbocycles. The van der Waals surface area contributed by atoms with E-state index in [1.165, 1.54) is 0 Å². The lowest BCUT2D eigenvalue weighted by molar-refractivity contribution is -0.142. The number of rotatable bonds is 5. The van der Waals surface area contributed by atoms with E-state index in [-0.39, 0.29) is 17.4 Å². The summed E-state index contributed by atoms with van der Waals surface area (Å²) in [5, 5.41) is 6.59. The molecule has 1 aromatic rings. The SMILES string of the molecule is O=S(=O)(NCC1CCCNC1)c1cnn(CC(F)(F)F)c1. The second kappa shape index (κ2) is 6.32. The van der Waals surface area contributed by atoms with Crippen LogP contribution in [0.5, 0.6) is 0 Å². The fraction of sp³-hybridized carbons (Fsp3) is 0.727. The van der Waals surface area contributed by atoms with Gasteiger partial charge in [-0.15, -0.1) is 0 Å². The van der Waals surface area contributed by atoms with Crippen molar-refractivity contribution in [1.82, 2.24) is 19.8 Å². The molecule has 1 aromatic heterocycles. The Hall–Kier alpha value is -1.13. The zero-order chi connectivity index (χ0) is 15.5. The molecule has 2 rings (SSSR count). The molecule has 10 heteroatoms. The van der Waals surface area contributed by atoms with E-state index in [0.29, 0.717) is 4.68 Å². The van der Waals surface area contributed by atoms with Crippen LogP contribution in [-0.2, 0) is 16.6 Å². The minimum atomic E-state index is -4.44. The quantitative estimate of drug-likeness (QED) is 0.836. The molecule has 1 atom stereocenters. The topological polar surface area (TPSA) is 76.0 Å². The summed E-state index contributed by atoms with van der Waals surface area (Å²) in [4.78, 5) is -0.254. The lowest BCUT2D eigenvalue weighted by Gasteiger charge is -2.22. The van der Waals surface area contributed by atoms with Crippen LogP contribution in [0.15, 0.2) is 17.3 Å². The van der Waals surface area contributed by atoms with Crippen molar-refractivity contribution in [2.45, 2.75) is 30.5 Å². The highest BCUT2D eigenvalue weighted by molar-refractivity contribution is 7.89. The van der Waals surface area contributed by atoms with E-state index in [1.807, 2.05) is 0 Å². The van der Waals surface area contributed by atoms with Gasteiger partial charge in [-0.25, -0.2) is 13.1 Å². The Morgan fingerprint density at radius 2 is 2.24 bits per heavy atom. The Morgan fingerprint density at radius 1 is 1.48 bits per heavy atom. The van der Waals surface area contributed by atoms with E-state index < -0.39 is 22.7 Å². The van der Waals surface area contributed by atoms with Gasteiger partial charge in [-0.2, -0.15) is 18.3 Å². The average molecular weight is 326 g/mol. The molecule has 0 saturated carbocycles. The van der Waals surface area contributed by atoms with Crippen molar-refractivity contribution in [1.29, 1.82) is 0 Å². The first-order valence-electron chi connectivity index (χ1n) is 6.56. The van der Waals surface area contributed by atoms with E-state index in [4.69, 9.17) is 0 Å². The summed E-state index contributed by atoms with van der Waals surface area (Å²) in [5.74, 6) is 0.193. The fourth-order valence-corrected chi connectivity index (χ4v) is 3.23. The van der Waals surface area contributed by atoms with E-state index in [2.05, 4.69) is 15.1 Å². The molecule has 1 aliphatic rings. The summed E-state index contributed by atoms with van der Waals surface area (Å²) in [6.45, 7) is 0.609. The smallest absolute Gasteiger partial charge is 0.316 e. The molecule has 1 saturated heterocycles. The third-order valence-electron chi connectivity index (χ3n) is 3.22. The number of aromatic nitrogens is 2. The third kappa shape index (κ3) is 4.97. The number of sulfonamides is 1. The van der Waals surface area contributed by atoms with Crippen LogP contribution < -0.4 is 10.0 Å². The van der Waals surface area contributed by atoms with Gasteiger partial charge in [-0.05, 0) is 31.8 Å². The molecule has 2 N–H and O–H groups in total. The molecular weight excluding hydrogens is 309 g/mol. The average Bonchev–Trinajstić information content (AvgIpc) is 2.85. The van der Waals surface area contributed by atoms with Crippen molar-refractivity contribution in [2.75, 3.05) is 19.6 Å². The van der Waals surface area contributed by atoms with E-state index >= 15 is 0 Å². The molecule has 1 fully saturated rings. The summed E-state index contributed by atoms with van der Waals surface area (Å²) in [6, 6.07) is 0. The Bertz CT molecular complexity index is 564. The predicted octanol–water partition coefficient (Wildman–Crippen LogP) is 0.723. The normalized spacial score (nSPS) is 20.6. The highest BCUT2D eigenvalue weighted by atomic mass is 32.2. The number of piperidine rings is 1. The van der Waals surface area contributed by atoms with Gasteiger partial charge in [0.25, 0.3) is 0 Å². The molecule has 2 heterocycles. The molecule has 0 bridgehead atoms. The van der Waals surface area contributed by atoms with Gasteiger partial charge in [0.15, 0.2) is 0 Å². The van der Waals surface area contributed by atoms with Crippen molar-refractivity contribution in [3.63, 3.8) is 0 Å². The number of nitrogens with zero attached hydrogens (tertiary/aromatic N) is 2. The van der Waals surface area contributed by atoms with Gasteiger partial charge in [0.05, 0.1) is 6.20 Å². The number of nitrogens with one attached hydrogen (secondary N) is 2. The van der Waals surface area contributed by atoms with Crippen LogP contribution in [0.4, 0.5) is 13.2 Å². The maximum absolute atomic E-state index is 12.2. The van der Waals surface area contributed by atoms with Crippen molar-refractivity contribution in [2.24, 2.45) is 5.92 Å². The zero-order valence-corrected chi connectivity index (χ0v) is 12.0. The fourth-order valence-electron chi connectivity index (χ4n) is 2.16. The van der Waals surface area contributed by atoms with Crippen molar-refractivity contribution < 1.29 is 21.6 Å². The van der Waals surface area contributed by atoms with Gasteiger partial charge in [-0.3, -0.25) is 4.68 Å². The standard InChI is InChI=1S/C11H17F3N4O2S/c12-11(13,14)8-18-7-10(6-16-18)21(19,20)17-5-9-2-1-3-15-4-9/h6-7,9,15,17H,1-5,8H2. The molecule has 0 spiro atoms. The van der Waals surface area contributed by atoms with Crippen LogP contribution in [0, 0.1) is 5.92 Å². The van der Waals surface area contributed by atoms with Crippen LogP contribution in [0.25, 0.3) is 0 Å². The minimum Gasteiger partial charge on any atom is -0.316 e. The summed E-state index contributed by atoms with van der Waals surface area (Å²) >= 11 is 0. The third-order valence-corrected chi connectivity index (χ3v) is 4.60. The van der Waals surface area contributed by atoms with Crippen LogP contribution in [0.2, 0.25) is 0 Å². The summed E-state index contributed by atoms with van der Waals surface area (Å²) < 4.78 is 63.6. The first-order valence-corrected chi connectivity index (χ1v) is 8.04. The Morgan fingerprint density at radius 3 is 2.86 bits per heavy atom. The first kappa shape index (κ1) is 16.2. The molecule has 120 valence electrons. The van der Waals surface area contributed by atoms with Crippen LogP contribution in [0.3, 0.4) is 0 Å². The summed E-state index contributed by atoms with van der Waals surface area (Å²) in [6.07, 6.45) is -0.727. The monoisotopic (exact) mass is 326 g/mol. The lowest BCUT2D eigenvalue weighted by atomic mass is 10.0. The largest absolute Gasteiger partial charge is 0.408 e. The number of halogens is 3. The van der Waals surface area contributed by atoms with E-state index in [0.717, 1.165) is 38.3 Å². The number of alkyl halides is 3. The second-order valence-electron chi connectivity index (χ2n) is 5.05. The second-order valence-corrected chi connectivity index (χ2v) is 6.82. The molecule has 1 aliphatic heterocycles. The Balaban J connectivity index is 1.95. The van der Waals surface area contributed by atoms with Gasteiger partial charge in [-0.1, -0.05) is 0 Å². The molecule has 6 nitrogen and oxygen atoms in total. The lowest BCUT2D eigenvalue weighted by Crippen LogP contribution is -2.38. The zero-order valence-electron chi connectivity index (χ0n) is 11.2. The molecule has 0 radical (unpaired) electrons. The van der Waals surface area contributed by atoms with Crippen molar-refractivity contribution >= 4 is 10.0 Å². The Labute approximate surface area is 120 Å². The first-order chi connectivity index (χ1) is 9.76. The highest BCUT2D eigenvalue weighted by Crippen LogP contribution is 2.18. The summed E-state index contributed by atoms with van der Waals surface area (Å²) in [5.41, 5.74) is 0. The van der Waals surface area contributed by atoms with Crippen LogP contribution in [0.1, 0.15) is 12.8 Å². The molecule has 1 unspecified atom stereocenters. The molecular formula is C11H17F3N4O2S. The number of hydrogen-bond donors (Lipinski definition) is 2. The molecule has 0 aromatic carbocycles. The van der Waals surface area contributed by atoms with Crippen LogP contribution in [-0.4, -0.2) is 44.0 Å². The molecule has 0 amide bonds. The van der Waals surface area contributed by atoms with E-state index in [1.54, 1.807) is 0 Å². The van der Waals surface area contributed by atoms with Crippen LogP contribution >= 0.6 is 0 Å². The summed E-state index contributed by atoms with van der Waals surface area (Å²) in [7, 11) is -3.82. The Kier molecular flexibility index (Phi) is 4.89. The maximum atomic E-state index is 12.2. The maximum Gasteiger partial charge on any atom is 0.408 e. The predicted molar refractivity (Wildman–Crippen MR) is 69.1 cm³/mol. The van der Waals surface area contributed by atoms with Gasteiger partial charge >= 0.3 is 6.18 Å². The number of hydrogen-bond acceptors (Lipinski definition) is 4. The highest BCUT2D eigenvalue weighted by Gasteiger charge is 2.29. The van der Waals surface area contributed by atoms with Gasteiger partial charge in [0.1, 0.15) is 11.4 Å². The van der Waals surface area contributed by atoms with Crippen molar-refractivity contribution in [3.05, 3.63) is 12.4 Å². The van der Waals surface area contributed by atoms with E-state index in [9.17, 15) is 21.6 Å².